The van der Waals surface area contributed by atoms with Crippen LogP contribution in [-0.4, -0.2) is 13.1 Å². The van der Waals surface area contributed by atoms with Crippen LogP contribution in [0.15, 0.2) is 30.3 Å². The Morgan fingerprint density at radius 2 is 1.72 bits per heavy atom. The fourth-order valence-corrected chi connectivity index (χ4v) is 2.73. The second-order valence-corrected chi connectivity index (χ2v) is 5.29. The lowest BCUT2D eigenvalue weighted by atomic mass is 9.78. The van der Waals surface area contributed by atoms with E-state index in [2.05, 4.69) is 11.4 Å². The maximum absolute atomic E-state index is 12.5. The second kappa shape index (κ2) is 3.85. The zero-order valence-corrected chi connectivity index (χ0v) is 9.85. The number of hydrogen-bond acceptors (Lipinski definition) is 1. The zero-order chi connectivity index (χ0) is 12.8. The molecule has 0 amide bonds. The van der Waals surface area contributed by atoms with Gasteiger partial charge in [0.1, 0.15) is 0 Å². The van der Waals surface area contributed by atoms with Crippen LogP contribution in [0.5, 0.6) is 0 Å². The van der Waals surface area contributed by atoms with E-state index in [1.54, 1.807) is 12.1 Å². The first kappa shape index (κ1) is 11.8. The molecule has 96 valence electrons. The molecule has 1 spiro atoms. The maximum Gasteiger partial charge on any atom is 0.416 e. The summed E-state index contributed by atoms with van der Waals surface area (Å²) in [7, 11) is 0. The smallest absolute Gasteiger partial charge is 0.315 e. The highest BCUT2D eigenvalue weighted by atomic mass is 19.4. The summed E-state index contributed by atoms with van der Waals surface area (Å²) in [4.78, 5) is 0. The van der Waals surface area contributed by atoms with Crippen LogP contribution in [0.3, 0.4) is 0 Å². The van der Waals surface area contributed by atoms with Gasteiger partial charge in [0.25, 0.3) is 0 Å². The molecule has 0 radical (unpaired) electrons. The first-order valence-corrected chi connectivity index (χ1v) is 6.06. The van der Waals surface area contributed by atoms with E-state index >= 15 is 0 Å². The molecule has 4 heteroatoms. The van der Waals surface area contributed by atoms with Crippen molar-refractivity contribution in [2.24, 2.45) is 5.41 Å². The van der Waals surface area contributed by atoms with Crippen LogP contribution in [0.25, 0.3) is 5.57 Å². The Bertz CT molecular complexity index is 481. The predicted octanol–water partition coefficient (Wildman–Crippen LogP) is 3.47. The summed E-state index contributed by atoms with van der Waals surface area (Å²) in [5, 5.41) is 3.26. The van der Waals surface area contributed by atoms with Gasteiger partial charge in [-0.05, 0) is 36.1 Å². The Hall–Kier alpha value is -1.29. The zero-order valence-electron chi connectivity index (χ0n) is 9.85. The lowest BCUT2D eigenvalue weighted by Crippen LogP contribution is -2.51. The van der Waals surface area contributed by atoms with Gasteiger partial charge >= 0.3 is 6.18 Å². The van der Waals surface area contributed by atoms with Gasteiger partial charge in [0.15, 0.2) is 0 Å². The fourth-order valence-electron chi connectivity index (χ4n) is 2.73. The predicted molar refractivity (Wildman–Crippen MR) is 64.0 cm³/mol. The molecule has 1 nitrogen and oxygen atoms in total. The molecule has 0 atom stereocenters. The summed E-state index contributed by atoms with van der Waals surface area (Å²) in [6, 6.07) is 5.50. The van der Waals surface area contributed by atoms with E-state index in [1.807, 2.05) is 0 Å². The third-order valence-electron chi connectivity index (χ3n) is 3.93. The van der Waals surface area contributed by atoms with Gasteiger partial charge in [-0.15, -0.1) is 0 Å². The fraction of sp³-hybridized carbons (Fsp3) is 0.429. The number of allylic oxidation sites excluding steroid dienone is 2. The van der Waals surface area contributed by atoms with Crippen molar-refractivity contribution in [2.45, 2.75) is 19.0 Å². The molecule has 0 bridgehead atoms. The normalized spacial score (nSPS) is 21.8. The summed E-state index contributed by atoms with van der Waals surface area (Å²) in [6.45, 7) is 2.04. The molecule has 18 heavy (non-hydrogen) atoms. The van der Waals surface area contributed by atoms with Crippen LogP contribution < -0.4 is 5.32 Å². The monoisotopic (exact) mass is 253 g/mol. The van der Waals surface area contributed by atoms with Crippen LogP contribution in [0.2, 0.25) is 0 Å². The van der Waals surface area contributed by atoms with Crippen molar-refractivity contribution in [2.75, 3.05) is 13.1 Å². The Labute approximate surface area is 104 Å². The van der Waals surface area contributed by atoms with Crippen LogP contribution in [0.4, 0.5) is 13.2 Å². The van der Waals surface area contributed by atoms with Gasteiger partial charge in [-0.25, -0.2) is 0 Å². The van der Waals surface area contributed by atoms with Gasteiger partial charge < -0.3 is 5.32 Å². The molecule has 1 aliphatic heterocycles. The van der Waals surface area contributed by atoms with Crippen molar-refractivity contribution in [1.29, 1.82) is 0 Å². The number of halogens is 3. The first-order chi connectivity index (χ1) is 8.49. The highest BCUT2D eigenvalue weighted by Gasteiger charge is 2.40. The highest BCUT2D eigenvalue weighted by molar-refractivity contribution is 5.69. The minimum Gasteiger partial charge on any atom is -0.315 e. The van der Waals surface area contributed by atoms with Crippen LogP contribution in [0.1, 0.15) is 24.0 Å². The molecule has 1 saturated heterocycles. The summed E-state index contributed by atoms with van der Waals surface area (Å²) >= 11 is 0. The van der Waals surface area contributed by atoms with E-state index in [-0.39, 0.29) is 0 Å². The van der Waals surface area contributed by atoms with Crippen molar-refractivity contribution < 1.29 is 13.2 Å². The van der Waals surface area contributed by atoms with E-state index in [4.69, 9.17) is 0 Å². The molecule has 0 saturated carbocycles. The van der Waals surface area contributed by atoms with Gasteiger partial charge in [0.2, 0.25) is 0 Å². The summed E-state index contributed by atoms with van der Waals surface area (Å²) in [6.07, 6.45) is -0.0626. The topological polar surface area (TPSA) is 12.0 Å². The van der Waals surface area contributed by atoms with E-state index in [0.717, 1.165) is 31.5 Å². The molecule has 1 fully saturated rings. The van der Waals surface area contributed by atoms with Gasteiger partial charge in [0.05, 0.1) is 5.56 Å². The molecule has 1 N–H and O–H groups in total. The summed E-state index contributed by atoms with van der Waals surface area (Å²) in [5.41, 5.74) is 1.87. The first-order valence-electron chi connectivity index (χ1n) is 6.06. The minimum absolute atomic E-state index is 0.345. The molecule has 1 aliphatic carbocycles. The van der Waals surface area contributed by atoms with Crippen LogP contribution in [-0.2, 0) is 6.18 Å². The SMILES string of the molecule is FC(F)(F)c1ccc(C2=CCC3(CNC3)C2)cc1. The lowest BCUT2D eigenvalue weighted by molar-refractivity contribution is -0.137. The average Bonchev–Trinajstić information content (AvgIpc) is 2.73. The van der Waals surface area contributed by atoms with Crippen molar-refractivity contribution >= 4 is 5.57 Å². The van der Waals surface area contributed by atoms with E-state index in [0.29, 0.717) is 5.41 Å². The Morgan fingerprint density at radius 3 is 2.17 bits per heavy atom. The quantitative estimate of drug-likeness (QED) is 0.808. The third kappa shape index (κ3) is 1.94. The second-order valence-electron chi connectivity index (χ2n) is 5.29. The number of nitrogens with one attached hydrogen (secondary N) is 1. The number of rotatable bonds is 1. The third-order valence-corrected chi connectivity index (χ3v) is 3.93. The maximum atomic E-state index is 12.5. The molecule has 3 rings (SSSR count). The summed E-state index contributed by atoms with van der Waals surface area (Å²) in [5.74, 6) is 0. The van der Waals surface area contributed by atoms with Gasteiger partial charge in [-0.2, -0.15) is 13.2 Å². The molecule has 0 aromatic heterocycles. The number of alkyl halides is 3. The Balaban J connectivity index is 1.78. The van der Waals surface area contributed by atoms with Crippen molar-refractivity contribution in [3.05, 3.63) is 41.5 Å². The standard InChI is InChI=1S/C14H14F3N/c15-14(16,17)12-3-1-10(2-4-12)11-5-6-13(7-11)8-18-9-13/h1-5,18H,6-9H2. The highest BCUT2D eigenvalue weighted by Crippen LogP contribution is 2.44. The number of benzene rings is 1. The molecule has 2 aliphatic rings. The average molecular weight is 253 g/mol. The van der Waals surface area contributed by atoms with Crippen molar-refractivity contribution in [1.82, 2.24) is 5.32 Å². The molecular weight excluding hydrogens is 239 g/mol. The Morgan fingerprint density at radius 1 is 1.06 bits per heavy atom. The largest absolute Gasteiger partial charge is 0.416 e. The molecule has 1 heterocycles. The van der Waals surface area contributed by atoms with Crippen molar-refractivity contribution in [3.8, 4) is 0 Å². The van der Waals surface area contributed by atoms with Crippen LogP contribution in [0, 0.1) is 5.41 Å². The van der Waals surface area contributed by atoms with Gasteiger partial charge in [-0.3, -0.25) is 0 Å². The van der Waals surface area contributed by atoms with E-state index in [9.17, 15) is 13.2 Å². The van der Waals surface area contributed by atoms with Gasteiger partial charge in [-0.1, -0.05) is 18.2 Å². The molecule has 0 unspecified atom stereocenters. The Kier molecular flexibility index (Phi) is 2.52. The van der Waals surface area contributed by atoms with Gasteiger partial charge in [0, 0.05) is 18.5 Å². The van der Waals surface area contributed by atoms with E-state index in [1.165, 1.54) is 17.7 Å². The van der Waals surface area contributed by atoms with Crippen molar-refractivity contribution in [3.63, 3.8) is 0 Å². The molecule has 1 aromatic rings. The molecular formula is C14H14F3N. The van der Waals surface area contributed by atoms with Crippen LogP contribution >= 0.6 is 0 Å². The lowest BCUT2D eigenvalue weighted by Gasteiger charge is -2.39. The summed E-state index contributed by atoms with van der Waals surface area (Å²) < 4.78 is 37.4. The minimum atomic E-state index is -4.25. The number of hydrogen-bond donors (Lipinski definition) is 1. The molecule has 1 aromatic carbocycles. The van der Waals surface area contributed by atoms with E-state index < -0.39 is 11.7 Å².